The second-order valence-electron chi connectivity index (χ2n) is 7.22. The summed E-state index contributed by atoms with van der Waals surface area (Å²) in [5, 5.41) is 2.83. The average molecular weight is 384 g/mol. The zero-order valence-corrected chi connectivity index (χ0v) is 15.6. The minimum Gasteiger partial charge on any atom is -0.342 e. The van der Waals surface area contributed by atoms with E-state index in [2.05, 4.69) is 5.32 Å². The summed E-state index contributed by atoms with van der Waals surface area (Å²) in [5.41, 5.74) is 6.59. The van der Waals surface area contributed by atoms with Gasteiger partial charge >= 0.3 is 0 Å². The fraction of sp³-hybridized carbons (Fsp3) is 0.579. The third-order valence-corrected chi connectivity index (χ3v) is 5.35. The molecule has 7 heteroatoms. The van der Waals surface area contributed by atoms with Gasteiger partial charge in [-0.15, -0.1) is 12.4 Å². The van der Waals surface area contributed by atoms with Crippen LogP contribution in [0.3, 0.4) is 0 Å². The van der Waals surface area contributed by atoms with E-state index in [0.717, 1.165) is 25.7 Å². The minimum atomic E-state index is -0.327. The van der Waals surface area contributed by atoms with Crippen LogP contribution < -0.4 is 11.1 Å². The molecule has 2 fully saturated rings. The van der Waals surface area contributed by atoms with Crippen LogP contribution in [0.1, 0.15) is 38.5 Å². The molecule has 2 amide bonds. The lowest BCUT2D eigenvalue weighted by Gasteiger charge is -2.35. The number of hydrogen-bond acceptors (Lipinski definition) is 3. The molecule has 1 aromatic rings. The van der Waals surface area contributed by atoms with Crippen LogP contribution in [0.4, 0.5) is 10.1 Å². The summed E-state index contributed by atoms with van der Waals surface area (Å²) in [6.45, 7) is 1.23. The number of piperidine rings is 1. The van der Waals surface area contributed by atoms with Crippen molar-refractivity contribution in [3.63, 3.8) is 0 Å². The van der Waals surface area contributed by atoms with Crippen molar-refractivity contribution >= 4 is 29.9 Å². The first-order valence-corrected chi connectivity index (χ1v) is 9.13. The monoisotopic (exact) mass is 383 g/mol. The highest BCUT2D eigenvalue weighted by atomic mass is 35.5. The zero-order chi connectivity index (χ0) is 17.8. The van der Waals surface area contributed by atoms with E-state index in [-0.39, 0.29) is 47.9 Å². The maximum absolute atomic E-state index is 12.9. The topological polar surface area (TPSA) is 75.4 Å². The molecule has 0 bridgehead atoms. The molecule has 1 aliphatic carbocycles. The summed E-state index contributed by atoms with van der Waals surface area (Å²) in [4.78, 5) is 26.9. The SMILES string of the molecule is Cl.NC1CCCC(C(=O)N2CCC(C(=O)Nc3ccc(F)cc3)CC2)C1. The van der Waals surface area contributed by atoms with Gasteiger partial charge in [0.2, 0.25) is 11.8 Å². The van der Waals surface area contributed by atoms with E-state index >= 15 is 0 Å². The molecular formula is C19H27ClFN3O2. The van der Waals surface area contributed by atoms with Crippen molar-refractivity contribution in [2.75, 3.05) is 18.4 Å². The van der Waals surface area contributed by atoms with E-state index in [9.17, 15) is 14.0 Å². The lowest BCUT2D eigenvalue weighted by Crippen LogP contribution is -2.45. The number of nitrogens with two attached hydrogens (primary N) is 1. The molecule has 0 radical (unpaired) electrons. The van der Waals surface area contributed by atoms with Gasteiger partial charge in [0, 0.05) is 36.7 Å². The molecule has 3 N–H and O–H groups in total. The summed E-state index contributed by atoms with van der Waals surface area (Å²) < 4.78 is 12.9. The summed E-state index contributed by atoms with van der Waals surface area (Å²) >= 11 is 0. The maximum Gasteiger partial charge on any atom is 0.227 e. The molecule has 2 aliphatic rings. The predicted molar refractivity (Wildman–Crippen MR) is 102 cm³/mol. The van der Waals surface area contributed by atoms with E-state index in [0.29, 0.717) is 31.6 Å². The van der Waals surface area contributed by atoms with Crippen molar-refractivity contribution in [1.29, 1.82) is 0 Å². The Morgan fingerprint density at radius 1 is 1.04 bits per heavy atom. The second kappa shape index (κ2) is 9.33. The lowest BCUT2D eigenvalue weighted by atomic mass is 9.84. The fourth-order valence-corrected chi connectivity index (χ4v) is 3.85. The highest BCUT2D eigenvalue weighted by molar-refractivity contribution is 5.92. The van der Waals surface area contributed by atoms with Crippen LogP contribution >= 0.6 is 12.4 Å². The van der Waals surface area contributed by atoms with Crippen molar-refractivity contribution in [2.24, 2.45) is 17.6 Å². The molecule has 1 heterocycles. The Kier molecular flexibility index (Phi) is 7.41. The lowest BCUT2D eigenvalue weighted by molar-refractivity contribution is -0.139. The Bertz CT molecular complexity index is 618. The highest BCUT2D eigenvalue weighted by Gasteiger charge is 2.32. The van der Waals surface area contributed by atoms with Crippen molar-refractivity contribution in [2.45, 2.75) is 44.6 Å². The molecule has 2 atom stereocenters. The van der Waals surface area contributed by atoms with Crippen molar-refractivity contribution in [1.82, 2.24) is 4.90 Å². The number of benzene rings is 1. The molecule has 1 saturated heterocycles. The smallest absolute Gasteiger partial charge is 0.227 e. The summed E-state index contributed by atoms with van der Waals surface area (Å²) in [5.74, 6) is -0.241. The minimum absolute atomic E-state index is 0. The molecule has 144 valence electrons. The Morgan fingerprint density at radius 2 is 1.69 bits per heavy atom. The summed E-state index contributed by atoms with van der Waals surface area (Å²) in [6, 6.07) is 5.90. The number of rotatable bonds is 3. The molecule has 0 spiro atoms. The number of amides is 2. The largest absolute Gasteiger partial charge is 0.342 e. The molecule has 1 aromatic carbocycles. The van der Waals surface area contributed by atoms with E-state index < -0.39 is 0 Å². The molecule has 2 unspecified atom stereocenters. The van der Waals surface area contributed by atoms with Gasteiger partial charge in [0.1, 0.15) is 5.82 Å². The molecule has 1 aliphatic heterocycles. The second-order valence-corrected chi connectivity index (χ2v) is 7.22. The molecular weight excluding hydrogens is 357 g/mol. The third kappa shape index (κ3) is 5.17. The molecule has 3 rings (SSSR count). The van der Waals surface area contributed by atoms with Crippen LogP contribution in [0.15, 0.2) is 24.3 Å². The quantitative estimate of drug-likeness (QED) is 0.842. The van der Waals surface area contributed by atoms with Crippen molar-refractivity contribution < 1.29 is 14.0 Å². The molecule has 0 aromatic heterocycles. The van der Waals surface area contributed by atoms with Crippen molar-refractivity contribution in [3.05, 3.63) is 30.1 Å². The number of carbonyl (C=O) groups excluding carboxylic acids is 2. The third-order valence-electron chi connectivity index (χ3n) is 5.35. The summed E-state index contributed by atoms with van der Waals surface area (Å²) in [6.07, 6.45) is 5.07. The van der Waals surface area contributed by atoms with Crippen LogP contribution in [-0.4, -0.2) is 35.8 Å². The zero-order valence-electron chi connectivity index (χ0n) is 14.8. The van der Waals surface area contributed by atoms with Crippen LogP contribution in [-0.2, 0) is 9.59 Å². The van der Waals surface area contributed by atoms with Gasteiger partial charge in [-0.05, 0) is 56.4 Å². The Balaban J connectivity index is 0.00000243. The predicted octanol–water partition coefficient (Wildman–Crippen LogP) is 2.94. The maximum atomic E-state index is 12.9. The Hall–Kier alpha value is -1.66. The van der Waals surface area contributed by atoms with Gasteiger partial charge in [0.25, 0.3) is 0 Å². The van der Waals surface area contributed by atoms with Gasteiger partial charge in [-0.3, -0.25) is 9.59 Å². The number of anilines is 1. The van der Waals surface area contributed by atoms with Crippen LogP contribution in [0.5, 0.6) is 0 Å². The van der Waals surface area contributed by atoms with Crippen LogP contribution in [0.25, 0.3) is 0 Å². The number of nitrogens with one attached hydrogen (secondary N) is 1. The number of likely N-dealkylation sites (tertiary alicyclic amines) is 1. The van der Waals surface area contributed by atoms with E-state index in [1.807, 2.05) is 4.90 Å². The Labute approximate surface area is 159 Å². The first kappa shape index (κ1) is 20.6. The molecule has 5 nitrogen and oxygen atoms in total. The van der Waals surface area contributed by atoms with Gasteiger partial charge in [-0.25, -0.2) is 4.39 Å². The Morgan fingerprint density at radius 3 is 2.31 bits per heavy atom. The molecule has 26 heavy (non-hydrogen) atoms. The molecule has 1 saturated carbocycles. The highest BCUT2D eigenvalue weighted by Crippen LogP contribution is 2.27. The van der Waals surface area contributed by atoms with E-state index in [4.69, 9.17) is 5.73 Å². The van der Waals surface area contributed by atoms with Gasteiger partial charge in [0.05, 0.1) is 0 Å². The number of hydrogen-bond donors (Lipinski definition) is 2. The van der Waals surface area contributed by atoms with E-state index in [1.165, 1.54) is 12.1 Å². The van der Waals surface area contributed by atoms with Crippen molar-refractivity contribution in [3.8, 4) is 0 Å². The average Bonchev–Trinajstić information content (AvgIpc) is 2.63. The van der Waals surface area contributed by atoms with Gasteiger partial charge in [0.15, 0.2) is 0 Å². The first-order valence-electron chi connectivity index (χ1n) is 9.13. The van der Waals surface area contributed by atoms with Crippen LogP contribution in [0, 0.1) is 17.7 Å². The van der Waals surface area contributed by atoms with Gasteiger partial charge in [-0.2, -0.15) is 0 Å². The number of halogens is 2. The number of carbonyl (C=O) groups is 2. The van der Waals surface area contributed by atoms with Gasteiger partial charge < -0.3 is 16.0 Å². The number of nitrogens with zero attached hydrogens (tertiary/aromatic N) is 1. The normalized spacial score (nSPS) is 23.8. The van der Waals surface area contributed by atoms with Gasteiger partial charge in [-0.1, -0.05) is 6.42 Å². The van der Waals surface area contributed by atoms with E-state index in [1.54, 1.807) is 12.1 Å². The first-order chi connectivity index (χ1) is 12.0. The fourth-order valence-electron chi connectivity index (χ4n) is 3.85. The van der Waals surface area contributed by atoms with Crippen LogP contribution in [0.2, 0.25) is 0 Å². The summed E-state index contributed by atoms with van der Waals surface area (Å²) in [7, 11) is 0. The standard InChI is InChI=1S/C19H26FN3O2.ClH/c20-15-4-6-17(7-5-15)22-18(24)13-8-10-23(11-9-13)19(25)14-2-1-3-16(21)12-14;/h4-7,13-14,16H,1-3,8-12,21H2,(H,22,24);1H.